The Morgan fingerprint density at radius 1 is 1.56 bits per heavy atom. The topological polar surface area (TPSA) is 57.5 Å². The number of carboxylic acids is 1. The van der Waals surface area contributed by atoms with Gasteiger partial charge in [-0.15, -0.1) is 0 Å². The van der Waals surface area contributed by atoms with E-state index < -0.39 is 17.2 Å². The lowest BCUT2D eigenvalue weighted by molar-refractivity contribution is -0.144. The van der Waals surface area contributed by atoms with Crippen LogP contribution in [0.25, 0.3) is 0 Å². The molecular formula is C11H12ClFO3. The van der Waals surface area contributed by atoms with Crippen LogP contribution in [-0.2, 0) is 10.2 Å². The average Bonchev–Trinajstić information content (AvgIpc) is 2.21. The number of hydrogen-bond acceptors (Lipinski definition) is 2. The van der Waals surface area contributed by atoms with Gasteiger partial charge in [0, 0.05) is 17.2 Å². The summed E-state index contributed by atoms with van der Waals surface area (Å²) >= 11 is 5.71. The van der Waals surface area contributed by atoms with Gasteiger partial charge in [0.05, 0.1) is 5.41 Å². The van der Waals surface area contributed by atoms with Crippen molar-refractivity contribution in [2.24, 2.45) is 0 Å². The van der Waals surface area contributed by atoms with Crippen LogP contribution in [0.5, 0.6) is 0 Å². The Morgan fingerprint density at radius 3 is 2.69 bits per heavy atom. The van der Waals surface area contributed by atoms with Crippen molar-refractivity contribution in [2.45, 2.75) is 18.8 Å². The van der Waals surface area contributed by atoms with Crippen molar-refractivity contribution in [2.75, 3.05) is 6.61 Å². The van der Waals surface area contributed by atoms with Gasteiger partial charge in [-0.05, 0) is 31.5 Å². The second-order valence-corrected chi connectivity index (χ2v) is 4.17. The minimum Gasteiger partial charge on any atom is -0.481 e. The lowest BCUT2D eigenvalue weighted by atomic mass is 9.79. The summed E-state index contributed by atoms with van der Waals surface area (Å²) in [4.78, 5) is 11.2. The summed E-state index contributed by atoms with van der Waals surface area (Å²) in [5.41, 5.74) is -1.48. The summed E-state index contributed by atoms with van der Waals surface area (Å²) in [7, 11) is 0. The van der Waals surface area contributed by atoms with E-state index in [-0.39, 0.29) is 23.6 Å². The molecule has 1 aromatic carbocycles. The van der Waals surface area contributed by atoms with E-state index in [4.69, 9.17) is 21.8 Å². The second kappa shape index (κ2) is 4.80. The number of aliphatic hydroxyl groups is 1. The van der Waals surface area contributed by atoms with Gasteiger partial charge in [-0.2, -0.15) is 0 Å². The Kier molecular flexibility index (Phi) is 3.88. The van der Waals surface area contributed by atoms with Gasteiger partial charge >= 0.3 is 5.97 Å². The van der Waals surface area contributed by atoms with Crippen LogP contribution in [0.4, 0.5) is 4.39 Å². The highest BCUT2D eigenvalue weighted by Crippen LogP contribution is 2.31. The molecule has 5 heteroatoms. The second-order valence-electron chi connectivity index (χ2n) is 3.74. The number of aliphatic carboxylic acids is 1. The molecule has 0 spiro atoms. The van der Waals surface area contributed by atoms with Crippen molar-refractivity contribution in [3.63, 3.8) is 0 Å². The van der Waals surface area contributed by atoms with Gasteiger partial charge in [-0.3, -0.25) is 4.79 Å². The predicted octanol–water partition coefficient (Wildman–Crippen LogP) is 2.20. The van der Waals surface area contributed by atoms with Crippen LogP contribution in [-0.4, -0.2) is 22.8 Å². The Balaban J connectivity index is 3.31. The molecule has 0 saturated carbocycles. The Hall–Kier alpha value is -1.13. The molecular weight excluding hydrogens is 235 g/mol. The third kappa shape index (κ3) is 2.33. The molecule has 1 aromatic rings. The van der Waals surface area contributed by atoms with E-state index in [1.807, 2.05) is 0 Å². The van der Waals surface area contributed by atoms with Crippen LogP contribution < -0.4 is 0 Å². The van der Waals surface area contributed by atoms with Crippen molar-refractivity contribution in [3.8, 4) is 0 Å². The van der Waals surface area contributed by atoms with Crippen LogP contribution >= 0.6 is 11.6 Å². The fourth-order valence-electron chi connectivity index (χ4n) is 1.50. The zero-order chi connectivity index (χ0) is 12.3. The number of rotatable bonds is 4. The number of carbonyl (C=O) groups is 1. The molecule has 0 aromatic heterocycles. The van der Waals surface area contributed by atoms with E-state index in [1.54, 1.807) is 0 Å². The largest absolute Gasteiger partial charge is 0.481 e. The Morgan fingerprint density at radius 2 is 2.19 bits per heavy atom. The van der Waals surface area contributed by atoms with Crippen molar-refractivity contribution in [3.05, 3.63) is 34.6 Å². The summed E-state index contributed by atoms with van der Waals surface area (Å²) < 4.78 is 13.5. The van der Waals surface area contributed by atoms with E-state index in [1.165, 1.54) is 19.1 Å². The quantitative estimate of drug-likeness (QED) is 0.856. The number of halogens is 2. The van der Waals surface area contributed by atoms with E-state index in [2.05, 4.69) is 0 Å². The number of benzene rings is 1. The molecule has 0 aliphatic carbocycles. The van der Waals surface area contributed by atoms with Crippen LogP contribution in [0.3, 0.4) is 0 Å². The van der Waals surface area contributed by atoms with E-state index in [0.29, 0.717) is 0 Å². The summed E-state index contributed by atoms with van der Waals surface area (Å²) in [6.45, 7) is 1.02. The molecule has 16 heavy (non-hydrogen) atoms. The summed E-state index contributed by atoms with van der Waals surface area (Å²) in [6.07, 6.45) is -0.0698. The molecule has 0 amide bonds. The fourth-order valence-corrected chi connectivity index (χ4v) is 1.67. The van der Waals surface area contributed by atoms with Gasteiger partial charge in [0.1, 0.15) is 5.82 Å². The van der Waals surface area contributed by atoms with E-state index in [9.17, 15) is 9.18 Å². The molecule has 0 aliphatic rings. The van der Waals surface area contributed by atoms with Crippen LogP contribution in [0.15, 0.2) is 18.2 Å². The minimum atomic E-state index is -1.47. The number of aliphatic hydroxyl groups excluding tert-OH is 1. The molecule has 2 N–H and O–H groups in total. The highest BCUT2D eigenvalue weighted by Gasteiger charge is 2.37. The van der Waals surface area contributed by atoms with Crippen molar-refractivity contribution < 1.29 is 19.4 Å². The first-order valence-electron chi connectivity index (χ1n) is 4.71. The SMILES string of the molecule is CC(CCO)(C(=O)O)c1cc(Cl)ccc1F. The Labute approximate surface area is 97.5 Å². The van der Waals surface area contributed by atoms with Crippen LogP contribution in [0.2, 0.25) is 5.02 Å². The smallest absolute Gasteiger partial charge is 0.314 e. The average molecular weight is 247 g/mol. The van der Waals surface area contributed by atoms with Crippen LogP contribution in [0, 0.1) is 5.82 Å². The zero-order valence-corrected chi connectivity index (χ0v) is 9.46. The Bertz CT molecular complexity index is 408. The highest BCUT2D eigenvalue weighted by atomic mass is 35.5. The molecule has 1 atom stereocenters. The third-order valence-corrected chi connectivity index (χ3v) is 2.84. The molecule has 1 rings (SSSR count). The molecule has 0 heterocycles. The fraction of sp³-hybridized carbons (Fsp3) is 0.364. The first-order chi connectivity index (χ1) is 7.41. The standard InChI is InChI=1S/C11H12ClFO3/c1-11(4-5-14,10(15)16)8-6-7(12)2-3-9(8)13/h2-3,6,14H,4-5H2,1H3,(H,15,16). The van der Waals surface area contributed by atoms with Gasteiger partial charge in [0.15, 0.2) is 0 Å². The molecule has 3 nitrogen and oxygen atoms in total. The van der Waals surface area contributed by atoms with E-state index in [0.717, 1.165) is 6.07 Å². The third-order valence-electron chi connectivity index (χ3n) is 2.61. The van der Waals surface area contributed by atoms with Crippen molar-refractivity contribution in [1.29, 1.82) is 0 Å². The van der Waals surface area contributed by atoms with Crippen molar-refractivity contribution >= 4 is 17.6 Å². The normalized spacial score (nSPS) is 14.5. The van der Waals surface area contributed by atoms with Gasteiger partial charge in [0.25, 0.3) is 0 Å². The number of carboxylic acid groups (broad SMARTS) is 1. The predicted molar refractivity (Wildman–Crippen MR) is 58.1 cm³/mol. The first-order valence-corrected chi connectivity index (χ1v) is 5.09. The lowest BCUT2D eigenvalue weighted by Crippen LogP contribution is -2.34. The zero-order valence-electron chi connectivity index (χ0n) is 8.70. The molecule has 0 aliphatic heterocycles. The monoisotopic (exact) mass is 246 g/mol. The van der Waals surface area contributed by atoms with Gasteiger partial charge in [-0.25, -0.2) is 4.39 Å². The van der Waals surface area contributed by atoms with Gasteiger partial charge in [-0.1, -0.05) is 11.6 Å². The number of hydrogen-bond donors (Lipinski definition) is 2. The molecule has 0 fully saturated rings. The molecule has 88 valence electrons. The van der Waals surface area contributed by atoms with Crippen LogP contribution in [0.1, 0.15) is 18.9 Å². The summed E-state index contributed by atoms with van der Waals surface area (Å²) in [6, 6.07) is 3.75. The summed E-state index contributed by atoms with van der Waals surface area (Å²) in [5, 5.41) is 18.2. The van der Waals surface area contributed by atoms with Gasteiger partial charge in [0.2, 0.25) is 0 Å². The lowest BCUT2D eigenvalue weighted by Gasteiger charge is -2.25. The molecule has 0 radical (unpaired) electrons. The molecule has 1 unspecified atom stereocenters. The van der Waals surface area contributed by atoms with Gasteiger partial charge < -0.3 is 10.2 Å². The first kappa shape index (κ1) is 12.9. The van der Waals surface area contributed by atoms with Crippen molar-refractivity contribution in [1.82, 2.24) is 0 Å². The highest BCUT2D eigenvalue weighted by molar-refractivity contribution is 6.30. The maximum absolute atomic E-state index is 13.5. The summed E-state index contributed by atoms with van der Waals surface area (Å²) in [5.74, 6) is -1.83. The maximum atomic E-state index is 13.5. The molecule has 0 saturated heterocycles. The molecule has 0 bridgehead atoms. The maximum Gasteiger partial charge on any atom is 0.314 e. The van der Waals surface area contributed by atoms with E-state index >= 15 is 0 Å². The minimum absolute atomic E-state index is 0.0125.